The predicted molar refractivity (Wildman–Crippen MR) is 119 cm³/mol. The predicted octanol–water partition coefficient (Wildman–Crippen LogP) is 4.56. The molecule has 2 atom stereocenters. The van der Waals surface area contributed by atoms with E-state index in [-0.39, 0.29) is 30.2 Å². The van der Waals surface area contributed by atoms with Crippen LogP contribution in [-0.2, 0) is 20.8 Å². The quantitative estimate of drug-likeness (QED) is 0.543. The van der Waals surface area contributed by atoms with E-state index in [9.17, 15) is 30.8 Å². The Labute approximate surface area is 204 Å². The lowest BCUT2D eigenvalue weighted by molar-refractivity contribution is -0.139. The minimum atomic E-state index is -4.86. The third kappa shape index (κ3) is 6.30. The van der Waals surface area contributed by atoms with E-state index in [0.717, 1.165) is 24.4 Å². The van der Waals surface area contributed by atoms with Gasteiger partial charge in [-0.15, -0.1) is 0 Å². The van der Waals surface area contributed by atoms with Gasteiger partial charge in [-0.2, -0.15) is 18.4 Å². The monoisotopic (exact) mass is 529 g/mol. The number of ether oxygens (including phenoxy) is 1. The van der Waals surface area contributed by atoms with Crippen LogP contribution in [0.15, 0.2) is 41.4 Å². The number of sulfone groups is 1. The van der Waals surface area contributed by atoms with Crippen LogP contribution in [0, 0.1) is 17.1 Å². The molecule has 2 aliphatic rings. The number of nitriles is 1. The number of amides is 1. The SMILES string of the molecule is CO[C@@H]1CC[C@@H](S(=O)(=O)c2ccc(-c3ccc(F)cn3)cc2C(F)(F)F)C1.N#CC1(NC(=O)O)CC1. The Morgan fingerprint density at radius 2 is 1.94 bits per heavy atom. The van der Waals surface area contributed by atoms with Crippen molar-refractivity contribution >= 4 is 15.9 Å². The van der Waals surface area contributed by atoms with Gasteiger partial charge in [-0.05, 0) is 56.4 Å². The number of nitrogens with zero attached hydrogens (tertiary/aromatic N) is 2. The summed E-state index contributed by atoms with van der Waals surface area (Å²) in [6.45, 7) is 0. The second-order valence-electron chi connectivity index (χ2n) is 8.53. The number of aromatic nitrogens is 1. The largest absolute Gasteiger partial charge is 0.465 e. The van der Waals surface area contributed by atoms with Crippen LogP contribution >= 0.6 is 0 Å². The first-order chi connectivity index (χ1) is 16.8. The molecule has 2 saturated carbocycles. The Morgan fingerprint density at radius 1 is 1.25 bits per heavy atom. The Balaban J connectivity index is 0.000000338. The minimum Gasteiger partial charge on any atom is -0.465 e. The van der Waals surface area contributed by atoms with Crippen LogP contribution in [0.3, 0.4) is 0 Å². The highest BCUT2D eigenvalue weighted by atomic mass is 32.2. The van der Waals surface area contributed by atoms with Gasteiger partial charge in [0.1, 0.15) is 11.4 Å². The van der Waals surface area contributed by atoms with Crippen molar-refractivity contribution in [3.8, 4) is 17.3 Å². The van der Waals surface area contributed by atoms with Crippen LogP contribution in [0.1, 0.15) is 37.7 Å². The third-order valence-corrected chi connectivity index (χ3v) is 8.31. The number of nitrogens with one attached hydrogen (secondary N) is 1. The molecular formula is C23H23F4N3O5S. The fraction of sp³-hybridized carbons (Fsp3) is 0.435. The third-order valence-electron chi connectivity index (χ3n) is 6.03. The number of carbonyl (C=O) groups is 1. The molecule has 194 valence electrons. The number of carboxylic acid groups (broad SMARTS) is 1. The molecule has 1 aromatic carbocycles. The molecule has 8 nitrogen and oxygen atoms in total. The highest BCUT2D eigenvalue weighted by Gasteiger charge is 2.45. The van der Waals surface area contributed by atoms with E-state index in [4.69, 9.17) is 15.1 Å². The van der Waals surface area contributed by atoms with Crippen LogP contribution in [0.25, 0.3) is 11.3 Å². The molecule has 0 bridgehead atoms. The summed E-state index contributed by atoms with van der Waals surface area (Å²) in [5.74, 6) is -0.622. The molecule has 0 saturated heterocycles. The Kier molecular flexibility index (Phi) is 7.90. The first kappa shape index (κ1) is 27.3. The van der Waals surface area contributed by atoms with Crippen molar-refractivity contribution in [2.45, 2.75) is 60.1 Å². The Bertz CT molecular complexity index is 1260. The molecule has 2 N–H and O–H groups in total. The van der Waals surface area contributed by atoms with Crippen molar-refractivity contribution in [3.05, 3.63) is 47.9 Å². The summed E-state index contributed by atoms with van der Waals surface area (Å²) in [5, 5.41) is 17.7. The summed E-state index contributed by atoms with van der Waals surface area (Å²) in [7, 11) is -2.73. The number of methoxy groups -OCH3 is 1. The first-order valence-electron chi connectivity index (χ1n) is 10.8. The van der Waals surface area contributed by atoms with Crippen molar-refractivity contribution in [2.75, 3.05) is 7.11 Å². The van der Waals surface area contributed by atoms with Gasteiger partial charge < -0.3 is 15.2 Å². The second kappa shape index (κ2) is 10.4. The van der Waals surface area contributed by atoms with Crippen molar-refractivity contribution < 1.29 is 40.6 Å². The molecule has 1 aromatic heterocycles. The lowest BCUT2D eigenvalue weighted by Crippen LogP contribution is -2.33. The van der Waals surface area contributed by atoms with E-state index in [2.05, 4.69) is 10.3 Å². The summed E-state index contributed by atoms with van der Waals surface area (Å²) in [4.78, 5) is 13.0. The number of benzene rings is 1. The average Bonchev–Trinajstić information content (AvgIpc) is 3.40. The van der Waals surface area contributed by atoms with Crippen LogP contribution < -0.4 is 5.32 Å². The van der Waals surface area contributed by atoms with Gasteiger partial charge in [-0.1, -0.05) is 6.07 Å². The molecule has 0 radical (unpaired) electrons. The normalized spacial score (nSPS) is 20.6. The lowest BCUT2D eigenvalue weighted by Gasteiger charge is -2.18. The molecule has 13 heteroatoms. The zero-order valence-corrected chi connectivity index (χ0v) is 19.9. The summed E-state index contributed by atoms with van der Waals surface area (Å²) < 4.78 is 84.6. The van der Waals surface area contributed by atoms with Gasteiger partial charge in [-0.25, -0.2) is 17.6 Å². The number of alkyl halides is 3. The lowest BCUT2D eigenvalue weighted by atomic mass is 10.1. The van der Waals surface area contributed by atoms with Gasteiger partial charge in [0.15, 0.2) is 9.84 Å². The maximum absolute atomic E-state index is 13.6. The molecule has 1 amide bonds. The highest BCUT2D eigenvalue weighted by Crippen LogP contribution is 2.40. The van der Waals surface area contributed by atoms with Crippen LogP contribution in [0.2, 0.25) is 0 Å². The molecule has 0 unspecified atom stereocenters. The van der Waals surface area contributed by atoms with E-state index in [1.807, 2.05) is 6.07 Å². The number of hydrogen-bond donors (Lipinski definition) is 2. The molecular weight excluding hydrogens is 506 g/mol. The molecule has 0 aliphatic heterocycles. The fourth-order valence-corrected chi connectivity index (χ4v) is 5.89. The van der Waals surface area contributed by atoms with Gasteiger partial charge in [0.25, 0.3) is 0 Å². The zero-order chi connectivity index (χ0) is 26.7. The standard InChI is InChI=1S/C18H17F4NO3S.C5H6N2O2/c1-26-13-4-5-14(9-13)27(24,25)17-7-2-11(8-15(17)18(20,21)22)16-6-3-12(19)10-23-16;6-3-5(1-2-5)7-4(8)9/h2-3,6-8,10,13-14H,4-5,9H2,1H3;7H,1-2H2,(H,8,9)/t13-,14-;/m1./s1. The topological polar surface area (TPSA) is 129 Å². The molecule has 1 heterocycles. The molecule has 2 fully saturated rings. The number of hydrogen-bond acceptors (Lipinski definition) is 6. The van der Waals surface area contributed by atoms with Crippen molar-refractivity contribution in [1.29, 1.82) is 5.26 Å². The fourth-order valence-electron chi connectivity index (χ4n) is 3.88. The van der Waals surface area contributed by atoms with Gasteiger partial charge in [0, 0.05) is 12.7 Å². The summed E-state index contributed by atoms with van der Waals surface area (Å²) >= 11 is 0. The summed E-state index contributed by atoms with van der Waals surface area (Å²) in [6.07, 6.45) is -3.17. The van der Waals surface area contributed by atoms with Crippen molar-refractivity contribution in [3.63, 3.8) is 0 Å². The van der Waals surface area contributed by atoms with Crippen LogP contribution in [0.4, 0.5) is 22.4 Å². The summed E-state index contributed by atoms with van der Waals surface area (Å²) in [6, 6.07) is 7.16. The van der Waals surface area contributed by atoms with E-state index >= 15 is 0 Å². The van der Waals surface area contributed by atoms with Gasteiger partial charge in [0.2, 0.25) is 0 Å². The van der Waals surface area contributed by atoms with Crippen molar-refractivity contribution in [2.24, 2.45) is 0 Å². The van der Waals surface area contributed by atoms with E-state index in [0.29, 0.717) is 19.3 Å². The molecule has 36 heavy (non-hydrogen) atoms. The van der Waals surface area contributed by atoms with E-state index in [1.165, 1.54) is 19.2 Å². The van der Waals surface area contributed by atoms with Crippen LogP contribution in [0.5, 0.6) is 0 Å². The smallest absolute Gasteiger partial charge is 0.417 e. The first-order valence-corrected chi connectivity index (χ1v) is 12.4. The highest BCUT2D eigenvalue weighted by molar-refractivity contribution is 7.92. The van der Waals surface area contributed by atoms with Crippen molar-refractivity contribution in [1.82, 2.24) is 10.3 Å². The van der Waals surface area contributed by atoms with Gasteiger partial charge in [0.05, 0.1) is 39.8 Å². The zero-order valence-electron chi connectivity index (χ0n) is 19.0. The number of rotatable bonds is 5. The van der Waals surface area contributed by atoms with E-state index in [1.54, 1.807) is 0 Å². The Morgan fingerprint density at radius 3 is 2.39 bits per heavy atom. The second-order valence-corrected chi connectivity index (χ2v) is 10.7. The minimum absolute atomic E-state index is 0.0578. The molecule has 2 aliphatic carbocycles. The molecule has 0 spiro atoms. The summed E-state index contributed by atoms with van der Waals surface area (Å²) in [5.41, 5.74) is -1.80. The van der Waals surface area contributed by atoms with Crippen LogP contribution in [-0.4, -0.2) is 48.6 Å². The average molecular weight is 530 g/mol. The Hall–Kier alpha value is -3.24. The van der Waals surface area contributed by atoms with Gasteiger partial charge >= 0.3 is 12.3 Å². The molecule has 2 aromatic rings. The van der Waals surface area contributed by atoms with Gasteiger partial charge in [-0.3, -0.25) is 4.98 Å². The number of pyridine rings is 1. The molecule has 4 rings (SSSR count). The number of halogens is 4. The maximum atomic E-state index is 13.6. The maximum Gasteiger partial charge on any atom is 0.417 e. The van der Waals surface area contributed by atoms with E-state index < -0.39 is 49.2 Å².